The van der Waals surface area contributed by atoms with Crippen molar-refractivity contribution in [2.75, 3.05) is 5.32 Å². The summed E-state index contributed by atoms with van der Waals surface area (Å²) < 4.78 is 23.4. The number of halogens is 1. The summed E-state index contributed by atoms with van der Waals surface area (Å²) in [6, 6.07) is -0.916. The minimum Gasteiger partial charge on any atom is -0.389 e. The lowest BCUT2D eigenvalue weighted by Gasteiger charge is -2.30. The van der Waals surface area contributed by atoms with E-state index in [-0.39, 0.29) is 35.8 Å². The zero-order valence-electron chi connectivity index (χ0n) is 14.8. The number of carbonyl (C=O) groups excluding carboxylic acids is 1. The van der Waals surface area contributed by atoms with Gasteiger partial charge in [0, 0.05) is 13.2 Å². The highest BCUT2D eigenvalue weighted by molar-refractivity contribution is 5.91. The first kappa shape index (κ1) is 15.9. The number of alkyl halides is 1. The Balaban J connectivity index is 2.03. The maximum Gasteiger partial charge on any atom is 0.280 e. The van der Waals surface area contributed by atoms with E-state index < -0.39 is 29.8 Å². The Morgan fingerprint density at radius 2 is 2.28 bits per heavy atom. The standard InChI is InChI=1S/C16H20FN5O3/c1-7(2)14(24)20-16-19-13-11(15(25)21-16)18-6-22(13)9-5-4-8(3)12(23)10(9)17/h4-10,12,23H,1-3H3,(H2,19,20,21,24,25)/t8-,9+,10-,12+/m0/s1/i3D. The summed E-state index contributed by atoms with van der Waals surface area (Å²) in [5.41, 5.74) is -0.459. The van der Waals surface area contributed by atoms with E-state index in [4.69, 9.17) is 1.37 Å². The summed E-state index contributed by atoms with van der Waals surface area (Å²) >= 11 is 0. The van der Waals surface area contributed by atoms with Gasteiger partial charge >= 0.3 is 0 Å². The van der Waals surface area contributed by atoms with Gasteiger partial charge in [0.1, 0.15) is 0 Å². The number of aromatic nitrogens is 4. The molecule has 8 nitrogen and oxygen atoms in total. The molecule has 0 saturated heterocycles. The summed E-state index contributed by atoms with van der Waals surface area (Å²) in [6.45, 7) is 3.26. The molecule has 2 aromatic heterocycles. The minimum atomic E-state index is -1.68. The molecule has 0 bridgehead atoms. The van der Waals surface area contributed by atoms with Crippen molar-refractivity contribution in [1.29, 1.82) is 0 Å². The zero-order valence-corrected chi connectivity index (χ0v) is 13.8. The summed E-state index contributed by atoms with van der Waals surface area (Å²) in [7, 11) is 0. The maximum absolute atomic E-state index is 14.7. The van der Waals surface area contributed by atoms with E-state index in [0.717, 1.165) is 0 Å². The summed E-state index contributed by atoms with van der Waals surface area (Å²) in [5.74, 6) is -1.28. The number of hydrogen-bond donors (Lipinski definition) is 3. The Labute approximate surface area is 144 Å². The molecule has 2 heterocycles. The summed E-state index contributed by atoms with van der Waals surface area (Å²) in [6.07, 6.45) is 1.38. The molecule has 25 heavy (non-hydrogen) atoms. The van der Waals surface area contributed by atoms with Crippen molar-refractivity contribution in [3.63, 3.8) is 0 Å². The Hall–Kier alpha value is -2.55. The second-order valence-electron chi connectivity index (χ2n) is 6.36. The van der Waals surface area contributed by atoms with Crippen molar-refractivity contribution in [3.05, 3.63) is 28.8 Å². The normalized spacial score (nSPS) is 26.8. The Kier molecular flexibility index (Phi) is 4.08. The number of fused-ring (bicyclic) bond motifs is 1. The van der Waals surface area contributed by atoms with E-state index in [9.17, 15) is 19.1 Å². The second kappa shape index (κ2) is 6.40. The highest BCUT2D eigenvalue weighted by Crippen LogP contribution is 2.31. The van der Waals surface area contributed by atoms with Crippen LogP contribution < -0.4 is 10.9 Å². The number of rotatable bonds is 3. The predicted octanol–water partition coefficient (Wildman–Crippen LogP) is 1.16. The number of anilines is 1. The molecule has 0 aromatic carbocycles. The second-order valence-corrected chi connectivity index (χ2v) is 6.36. The van der Waals surface area contributed by atoms with Gasteiger partial charge in [-0.2, -0.15) is 4.98 Å². The number of imidazole rings is 1. The molecule has 4 atom stereocenters. The number of allylic oxidation sites excluding steroid dienone is 1. The molecule has 0 spiro atoms. The summed E-state index contributed by atoms with van der Waals surface area (Å²) in [4.78, 5) is 34.6. The lowest BCUT2D eigenvalue weighted by molar-refractivity contribution is -0.118. The van der Waals surface area contributed by atoms with Crippen molar-refractivity contribution in [3.8, 4) is 0 Å². The Morgan fingerprint density at radius 3 is 2.96 bits per heavy atom. The van der Waals surface area contributed by atoms with E-state index in [1.165, 1.54) is 17.0 Å². The Morgan fingerprint density at radius 1 is 1.52 bits per heavy atom. The van der Waals surface area contributed by atoms with Crippen LogP contribution >= 0.6 is 0 Å². The number of carbonyl (C=O) groups is 1. The van der Waals surface area contributed by atoms with E-state index in [1.807, 2.05) is 0 Å². The molecule has 1 aliphatic carbocycles. The van der Waals surface area contributed by atoms with E-state index in [1.54, 1.807) is 19.9 Å². The molecule has 1 amide bonds. The molecular formula is C16H20FN5O3. The SMILES string of the molecule is [2H]C[C@H]1C=C[C@@H](n2cnc3c(=O)[nH]c(NC(=O)C(C)C)nc32)[C@H](F)[C@@H]1O. The molecule has 3 N–H and O–H groups in total. The first-order valence-corrected chi connectivity index (χ1v) is 7.91. The van der Waals surface area contributed by atoms with Gasteiger partial charge in [-0.05, 0) is 0 Å². The molecule has 0 fully saturated rings. The van der Waals surface area contributed by atoms with Gasteiger partial charge in [0.25, 0.3) is 5.56 Å². The third kappa shape index (κ3) is 3.07. The van der Waals surface area contributed by atoms with Crippen LogP contribution in [0.2, 0.25) is 0 Å². The van der Waals surface area contributed by atoms with Gasteiger partial charge in [-0.25, -0.2) is 9.37 Å². The van der Waals surface area contributed by atoms with E-state index >= 15 is 0 Å². The molecule has 0 unspecified atom stereocenters. The first-order chi connectivity index (χ1) is 12.3. The fraction of sp³-hybridized carbons (Fsp3) is 0.500. The molecular weight excluding hydrogens is 329 g/mol. The van der Waals surface area contributed by atoms with Crippen LogP contribution in [-0.4, -0.2) is 42.8 Å². The molecule has 2 aromatic rings. The van der Waals surface area contributed by atoms with Crippen molar-refractivity contribution in [1.82, 2.24) is 19.5 Å². The summed E-state index contributed by atoms with van der Waals surface area (Å²) in [5, 5.41) is 12.5. The lowest BCUT2D eigenvalue weighted by Crippen LogP contribution is -2.37. The molecule has 9 heteroatoms. The van der Waals surface area contributed by atoms with Gasteiger partial charge in [-0.15, -0.1) is 0 Å². The maximum atomic E-state index is 14.7. The van der Waals surface area contributed by atoms with E-state index in [2.05, 4.69) is 20.3 Å². The molecule has 1 aliphatic rings. The number of H-pyrrole nitrogens is 1. The fourth-order valence-corrected chi connectivity index (χ4v) is 2.63. The van der Waals surface area contributed by atoms with Crippen LogP contribution in [0.1, 0.15) is 28.2 Å². The smallest absolute Gasteiger partial charge is 0.280 e. The molecule has 0 radical (unpaired) electrons. The third-order valence-corrected chi connectivity index (χ3v) is 4.17. The van der Waals surface area contributed by atoms with Crippen LogP contribution in [0, 0.1) is 11.8 Å². The van der Waals surface area contributed by atoms with Crippen molar-refractivity contribution in [2.24, 2.45) is 11.8 Å². The van der Waals surface area contributed by atoms with Gasteiger partial charge in [-0.3, -0.25) is 19.9 Å². The van der Waals surface area contributed by atoms with Crippen LogP contribution in [0.4, 0.5) is 10.3 Å². The average molecular weight is 350 g/mol. The van der Waals surface area contributed by atoms with Crippen molar-refractivity contribution < 1.29 is 15.7 Å². The quantitative estimate of drug-likeness (QED) is 0.719. The monoisotopic (exact) mass is 350 g/mol. The van der Waals surface area contributed by atoms with Crippen molar-refractivity contribution in [2.45, 2.75) is 39.1 Å². The molecule has 3 rings (SSSR count). The topological polar surface area (TPSA) is 113 Å². The predicted molar refractivity (Wildman–Crippen MR) is 89.9 cm³/mol. The minimum absolute atomic E-state index is 0.00486. The Bertz CT molecular complexity index is 909. The molecule has 0 aliphatic heterocycles. The van der Waals surface area contributed by atoms with Gasteiger partial charge in [0.15, 0.2) is 17.3 Å². The van der Waals surface area contributed by atoms with Crippen LogP contribution in [0.15, 0.2) is 23.3 Å². The van der Waals surface area contributed by atoms with Crippen LogP contribution in [0.25, 0.3) is 11.2 Å². The number of aliphatic hydroxyl groups excluding tert-OH is 1. The zero-order chi connectivity index (χ0) is 19.0. The largest absolute Gasteiger partial charge is 0.389 e. The lowest BCUT2D eigenvalue weighted by atomic mass is 9.89. The van der Waals surface area contributed by atoms with Gasteiger partial charge < -0.3 is 9.67 Å². The molecule has 134 valence electrons. The fourth-order valence-electron chi connectivity index (χ4n) is 2.63. The third-order valence-electron chi connectivity index (χ3n) is 4.17. The number of aliphatic hydroxyl groups is 1. The van der Waals surface area contributed by atoms with Crippen LogP contribution in [0.3, 0.4) is 0 Å². The number of hydrogen-bond acceptors (Lipinski definition) is 5. The highest BCUT2D eigenvalue weighted by atomic mass is 19.1. The number of amides is 1. The number of nitrogens with one attached hydrogen (secondary N) is 2. The van der Waals surface area contributed by atoms with Gasteiger partial charge in [-0.1, -0.05) is 32.9 Å². The highest BCUT2D eigenvalue weighted by Gasteiger charge is 2.35. The van der Waals surface area contributed by atoms with Crippen LogP contribution in [-0.2, 0) is 4.79 Å². The van der Waals surface area contributed by atoms with Crippen LogP contribution in [0.5, 0.6) is 0 Å². The van der Waals surface area contributed by atoms with Crippen molar-refractivity contribution >= 4 is 23.0 Å². The molecule has 0 saturated carbocycles. The van der Waals surface area contributed by atoms with E-state index in [0.29, 0.717) is 0 Å². The average Bonchev–Trinajstić information content (AvgIpc) is 3.01. The van der Waals surface area contributed by atoms with Gasteiger partial charge in [0.2, 0.25) is 11.9 Å². The number of aromatic amines is 1. The first-order valence-electron chi connectivity index (χ1n) is 8.61. The van der Waals surface area contributed by atoms with Gasteiger partial charge in [0.05, 0.1) is 18.5 Å². The number of nitrogens with zero attached hydrogens (tertiary/aromatic N) is 3.